The van der Waals surface area contributed by atoms with E-state index < -0.39 is 18.4 Å². The number of aromatic nitrogens is 1. The molecule has 0 bridgehead atoms. The minimum absolute atomic E-state index is 0.201. The molecule has 4 rings (SSSR count). The lowest BCUT2D eigenvalue weighted by Crippen LogP contribution is -2.40. The Morgan fingerprint density at radius 1 is 1.20 bits per heavy atom. The zero-order chi connectivity index (χ0) is 21.4. The van der Waals surface area contributed by atoms with Crippen molar-refractivity contribution in [3.05, 3.63) is 74.7 Å². The summed E-state index contributed by atoms with van der Waals surface area (Å²) in [7, 11) is 0. The topological polar surface area (TPSA) is 65.4 Å². The Hall–Kier alpha value is -2.32. The normalized spacial score (nSPS) is 15.5. The quantitative estimate of drug-likeness (QED) is 0.412. The van der Waals surface area contributed by atoms with E-state index in [1.54, 1.807) is 18.2 Å². The zero-order valence-electron chi connectivity index (χ0n) is 15.3. The summed E-state index contributed by atoms with van der Waals surface area (Å²) >= 11 is 18.6. The van der Waals surface area contributed by atoms with E-state index in [4.69, 9.17) is 35.4 Å². The van der Waals surface area contributed by atoms with Gasteiger partial charge in [0.05, 0.1) is 17.4 Å². The summed E-state index contributed by atoms with van der Waals surface area (Å²) in [4.78, 5) is 24.9. The highest BCUT2D eigenvalue weighted by molar-refractivity contribution is 8.26. The number of para-hydroxylation sites is 1. The first-order chi connectivity index (χ1) is 14.3. The Labute approximate surface area is 191 Å². The van der Waals surface area contributed by atoms with Crippen LogP contribution >= 0.6 is 47.2 Å². The highest BCUT2D eigenvalue weighted by atomic mass is 35.5. The molecule has 152 valence electrons. The largest absolute Gasteiger partial charge is 0.548 e. The molecule has 1 aliphatic heterocycles. The fraction of sp³-hybridized carbons (Fsp3) is 0.0952. The molecule has 1 aromatic heterocycles. The molecule has 0 aliphatic carbocycles. The summed E-state index contributed by atoms with van der Waals surface area (Å²) in [5.74, 6) is -1.80. The Morgan fingerprint density at radius 2 is 1.97 bits per heavy atom. The van der Waals surface area contributed by atoms with Gasteiger partial charge in [-0.3, -0.25) is 9.69 Å². The summed E-state index contributed by atoms with van der Waals surface area (Å²) in [6, 6.07) is 13.2. The molecular weight excluding hydrogens is 463 g/mol. The smallest absolute Gasteiger partial charge is 0.266 e. The number of aliphatic carboxylic acids is 1. The minimum atomic E-state index is -1.36. The second-order valence-electron chi connectivity index (χ2n) is 6.61. The van der Waals surface area contributed by atoms with Crippen molar-refractivity contribution in [1.82, 2.24) is 9.47 Å². The summed E-state index contributed by atoms with van der Waals surface area (Å²) < 4.78 is 2.24. The van der Waals surface area contributed by atoms with E-state index in [0.717, 1.165) is 38.7 Å². The van der Waals surface area contributed by atoms with Gasteiger partial charge >= 0.3 is 0 Å². The van der Waals surface area contributed by atoms with Crippen LogP contribution in [0.15, 0.2) is 53.6 Å². The van der Waals surface area contributed by atoms with Crippen molar-refractivity contribution in [2.24, 2.45) is 0 Å². The number of hydrogen-bond acceptors (Lipinski definition) is 5. The molecule has 30 heavy (non-hydrogen) atoms. The van der Waals surface area contributed by atoms with Crippen molar-refractivity contribution in [2.45, 2.75) is 6.54 Å². The number of amides is 1. The second kappa shape index (κ2) is 8.43. The van der Waals surface area contributed by atoms with Gasteiger partial charge in [-0.1, -0.05) is 71.4 Å². The number of halogens is 2. The Bertz CT molecular complexity index is 1240. The molecule has 1 aliphatic rings. The molecule has 0 N–H and O–H groups in total. The maximum absolute atomic E-state index is 12.6. The molecule has 5 nitrogen and oxygen atoms in total. The molecule has 0 radical (unpaired) electrons. The van der Waals surface area contributed by atoms with E-state index in [1.807, 2.05) is 41.1 Å². The first-order valence-electron chi connectivity index (χ1n) is 8.80. The lowest BCUT2D eigenvalue weighted by molar-refractivity contribution is -0.305. The van der Waals surface area contributed by atoms with Gasteiger partial charge in [0.2, 0.25) is 0 Å². The fourth-order valence-corrected chi connectivity index (χ4v) is 4.98. The van der Waals surface area contributed by atoms with Gasteiger partial charge in [-0.2, -0.15) is 0 Å². The number of fused-ring (bicyclic) bond motifs is 1. The van der Waals surface area contributed by atoms with Crippen molar-refractivity contribution in [1.29, 1.82) is 0 Å². The van der Waals surface area contributed by atoms with Gasteiger partial charge < -0.3 is 14.5 Å². The van der Waals surface area contributed by atoms with E-state index in [-0.39, 0.29) is 4.32 Å². The van der Waals surface area contributed by atoms with E-state index in [0.29, 0.717) is 21.5 Å². The third-order valence-corrected chi connectivity index (χ3v) is 6.59. The van der Waals surface area contributed by atoms with Gasteiger partial charge in [0.1, 0.15) is 4.32 Å². The second-order valence-corrected chi connectivity index (χ2v) is 9.12. The van der Waals surface area contributed by atoms with Crippen molar-refractivity contribution >= 4 is 80.4 Å². The molecule has 0 spiro atoms. The van der Waals surface area contributed by atoms with Gasteiger partial charge in [0.25, 0.3) is 5.91 Å². The maximum atomic E-state index is 12.6. The van der Waals surface area contributed by atoms with Crippen LogP contribution in [0.25, 0.3) is 17.0 Å². The number of hydrogen-bond donors (Lipinski definition) is 0. The SMILES string of the molecule is O=C([O-])CN1C(=O)/C(=C\c2cn(Cc3ccc(Cl)cc3Cl)c3ccccc23)SC1=S. The molecule has 0 saturated carbocycles. The Morgan fingerprint density at radius 3 is 2.70 bits per heavy atom. The van der Waals surface area contributed by atoms with Crippen LogP contribution < -0.4 is 5.11 Å². The maximum Gasteiger partial charge on any atom is 0.266 e. The van der Waals surface area contributed by atoms with E-state index in [2.05, 4.69) is 0 Å². The summed E-state index contributed by atoms with van der Waals surface area (Å²) in [5.41, 5.74) is 2.71. The first kappa shape index (κ1) is 20.9. The van der Waals surface area contributed by atoms with Crippen LogP contribution in [0, 0.1) is 0 Å². The van der Waals surface area contributed by atoms with E-state index in [1.165, 1.54) is 0 Å². The summed E-state index contributed by atoms with van der Waals surface area (Å²) in [6.07, 6.45) is 3.66. The van der Waals surface area contributed by atoms with E-state index in [9.17, 15) is 14.7 Å². The number of thiocarbonyl (C=S) groups is 1. The number of carbonyl (C=O) groups is 2. The highest BCUT2D eigenvalue weighted by Crippen LogP contribution is 2.34. The van der Waals surface area contributed by atoms with Crippen molar-refractivity contribution in [2.75, 3.05) is 6.54 Å². The Balaban J connectivity index is 1.72. The number of nitrogens with zero attached hydrogens (tertiary/aromatic N) is 2. The molecule has 0 unspecified atom stereocenters. The predicted octanol–water partition coefficient (Wildman–Crippen LogP) is 3.95. The van der Waals surface area contributed by atoms with Gasteiger partial charge in [-0.25, -0.2) is 0 Å². The van der Waals surface area contributed by atoms with Crippen LogP contribution in [-0.4, -0.2) is 32.2 Å². The zero-order valence-corrected chi connectivity index (χ0v) is 18.4. The molecule has 1 amide bonds. The average Bonchev–Trinajstić information content (AvgIpc) is 3.16. The van der Waals surface area contributed by atoms with Gasteiger partial charge in [0, 0.05) is 39.3 Å². The number of thioether (sulfide) groups is 1. The van der Waals surface area contributed by atoms with Crippen LogP contribution in [0.1, 0.15) is 11.1 Å². The third-order valence-electron chi connectivity index (χ3n) is 4.62. The fourth-order valence-electron chi connectivity index (χ4n) is 3.26. The molecule has 1 saturated heterocycles. The first-order valence-corrected chi connectivity index (χ1v) is 10.8. The lowest BCUT2D eigenvalue weighted by atomic mass is 10.1. The van der Waals surface area contributed by atoms with Gasteiger partial charge in [0.15, 0.2) is 0 Å². The minimum Gasteiger partial charge on any atom is -0.548 e. The summed E-state index contributed by atoms with van der Waals surface area (Å²) in [6.45, 7) is -0.0329. The molecule has 0 atom stereocenters. The highest BCUT2D eigenvalue weighted by Gasteiger charge is 2.32. The van der Waals surface area contributed by atoms with Crippen LogP contribution in [0.3, 0.4) is 0 Å². The van der Waals surface area contributed by atoms with E-state index >= 15 is 0 Å². The molecular formula is C21H13Cl2N2O3S2-. The van der Waals surface area contributed by atoms with Crippen LogP contribution in [-0.2, 0) is 16.1 Å². The lowest BCUT2D eigenvalue weighted by Gasteiger charge is -2.14. The molecule has 9 heteroatoms. The third kappa shape index (κ3) is 4.11. The number of carbonyl (C=O) groups excluding carboxylic acids is 2. The van der Waals surface area contributed by atoms with Crippen LogP contribution in [0.2, 0.25) is 10.0 Å². The van der Waals surface area contributed by atoms with Gasteiger partial charge in [-0.05, 0) is 29.8 Å². The number of carboxylic acids is 1. The number of carboxylic acid groups (broad SMARTS) is 1. The summed E-state index contributed by atoms with van der Waals surface area (Å²) in [5, 5.41) is 13.0. The molecule has 2 heterocycles. The standard InChI is InChI=1S/C21H14Cl2N2O3S2/c22-14-6-5-12(16(23)8-14)9-24-10-13(15-3-1-2-4-17(15)24)7-18-20(28)25(11-19(26)27)21(29)30-18/h1-8,10H,9,11H2,(H,26,27)/p-1/b18-7+. The monoisotopic (exact) mass is 475 g/mol. The van der Waals surface area contributed by atoms with Crippen LogP contribution in [0.4, 0.5) is 0 Å². The number of rotatable bonds is 5. The predicted molar refractivity (Wildman–Crippen MR) is 122 cm³/mol. The van der Waals surface area contributed by atoms with Gasteiger partial charge in [-0.15, -0.1) is 0 Å². The molecule has 1 fully saturated rings. The van der Waals surface area contributed by atoms with Crippen molar-refractivity contribution in [3.63, 3.8) is 0 Å². The average molecular weight is 476 g/mol. The number of benzene rings is 2. The molecule has 2 aromatic carbocycles. The van der Waals surface area contributed by atoms with Crippen molar-refractivity contribution in [3.8, 4) is 0 Å². The van der Waals surface area contributed by atoms with Crippen LogP contribution in [0.5, 0.6) is 0 Å². The molecule has 3 aromatic rings. The Kier molecular flexibility index (Phi) is 5.88. The van der Waals surface area contributed by atoms with Crippen molar-refractivity contribution < 1.29 is 14.7 Å².